The molecule has 163 valence electrons. The second-order valence-electron chi connectivity index (χ2n) is 8.58. The van der Waals surface area contributed by atoms with Crippen LogP contribution in [0.25, 0.3) is 0 Å². The van der Waals surface area contributed by atoms with Crippen molar-refractivity contribution in [3.63, 3.8) is 0 Å². The van der Waals surface area contributed by atoms with Gasteiger partial charge in [-0.1, -0.05) is 20.8 Å². The third-order valence-corrected chi connectivity index (χ3v) is 10.0. The van der Waals surface area contributed by atoms with Gasteiger partial charge >= 0.3 is 160 Å². The molecule has 0 bridgehead atoms. The van der Waals surface area contributed by atoms with Crippen LogP contribution >= 0.6 is 12.2 Å². The van der Waals surface area contributed by atoms with E-state index in [4.69, 9.17) is 12.2 Å². The molecule has 3 nitrogen and oxygen atoms in total. The van der Waals surface area contributed by atoms with Crippen LogP contribution in [0.1, 0.15) is 50.8 Å². The Morgan fingerprint density at radius 3 is 2.23 bits per heavy atom. The first-order chi connectivity index (χ1) is 13.9. The predicted octanol–water partition coefficient (Wildman–Crippen LogP) is 4.10. The SMILES string of the molecule is CCC(Cc1ccc(C(C)(C)C)cc1)C(=S)NCc1ccc([As]S(C)(=O)=O)c(F)c1. The maximum atomic E-state index is 14.2. The van der Waals surface area contributed by atoms with Gasteiger partial charge in [-0.05, 0) is 11.0 Å². The average molecular weight is 511 g/mol. The normalized spacial score (nSPS) is 13.5. The van der Waals surface area contributed by atoms with E-state index in [1.54, 1.807) is 12.1 Å². The fraction of sp³-hybridized carbons (Fsp3) is 0.435. The number of rotatable bonds is 8. The Morgan fingerprint density at radius 2 is 1.73 bits per heavy atom. The topological polar surface area (TPSA) is 46.2 Å². The maximum absolute atomic E-state index is 14.2. The second kappa shape index (κ2) is 10.4. The monoisotopic (exact) mass is 510 g/mol. The summed E-state index contributed by atoms with van der Waals surface area (Å²) in [5.74, 6) is -0.253. The number of hydrogen-bond donors (Lipinski definition) is 1. The van der Waals surface area contributed by atoms with E-state index in [1.165, 1.54) is 17.2 Å². The Morgan fingerprint density at radius 1 is 1.13 bits per heavy atom. The Kier molecular flexibility index (Phi) is 8.67. The number of nitrogens with one attached hydrogen (secondary N) is 1. The molecule has 7 heteroatoms. The summed E-state index contributed by atoms with van der Waals surface area (Å²) in [6.45, 7) is 9.14. The van der Waals surface area contributed by atoms with Gasteiger partial charge in [0.2, 0.25) is 0 Å². The molecule has 0 spiro atoms. The molecular formula is C23H30AsFNO2S2. The van der Waals surface area contributed by atoms with Crippen molar-refractivity contribution in [2.45, 2.75) is 52.5 Å². The van der Waals surface area contributed by atoms with Crippen molar-refractivity contribution in [1.82, 2.24) is 5.32 Å². The molecule has 0 aliphatic carbocycles. The van der Waals surface area contributed by atoms with Crippen LogP contribution < -0.4 is 9.67 Å². The van der Waals surface area contributed by atoms with Crippen LogP contribution in [-0.2, 0) is 26.5 Å². The molecule has 2 rings (SSSR count). The Labute approximate surface area is 191 Å². The molecule has 0 amide bonds. The molecule has 1 atom stereocenters. The van der Waals surface area contributed by atoms with E-state index in [1.807, 2.05) is 0 Å². The van der Waals surface area contributed by atoms with Crippen LogP contribution in [0.3, 0.4) is 0 Å². The summed E-state index contributed by atoms with van der Waals surface area (Å²) in [5, 5.41) is 3.25. The zero-order chi connectivity index (χ0) is 22.5. The zero-order valence-corrected chi connectivity index (χ0v) is 21.7. The molecule has 0 fully saturated rings. The summed E-state index contributed by atoms with van der Waals surface area (Å²) in [6.07, 6.45) is 2.92. The number of hydrogen-bond acceptors (Lipinski definition) is 3. The molecule has 0 saturated carbocycles. The zero-order valence-electron chi connectivity index (χ0n) is 18.2. The van der Waals surface area contributed by atoms with Crippen LogP contribution in [0.2, 0.25) is 0 Å². The third-order valence-electron chi connectivity index (χ3n) is 4.91. The van der Waals surface area contributed by atoms with E-state index in [0.717, 1.165) is 29.6 Å². The molecule has 2 aromatic rings. The van der Waals surface area contributed by atoms with E-state index in [0.29, 0.717) is 6.54 Å². The van der Waals surface area contributed by atoms with Gasteiger partial charge in [0.25, 0.3) is 0 Å². The molecular weight excluding hydrogens is 480 g/mol. The van der Waals surface area contributed by atoms with E-state index in [9.17, 15) is 12.8 Å². The van der Waals surface area contributed by atoms with E-state index >= 15 is 0 Å². The quantitative estimate of drug-likeness (QED) is 0.429. The summed E-state index contributed by atoms with van der Waals surface area (Å²) in [5.41, 5.74) is 3.44. The predicted molar refractivity (Wildman–Crippen MR) is 129 cm³/mol. The summed E-state index contributed by atoms with van der Waals surface area (Å²) in [4.78, 5) is 0.768. The summed E-state index contributed by atoms with van der Waals surface area (Å²) < 4.78 is 37.4. The molecule has 0 saturated heterocycles. The van der Waals surface area contributed by atoms with Crippen molar-refractivity contribution in [2.24, 2.45) is 5.92 Å². The van der Waals surface area contributed by atoms with E-state index in [-0.39, 0.29) is 15.7 Å². The van der Waals surface area contributed by atoms with Gasteiger partial charge in [-0.15, -0.1) is 0 Å². The van der Waals surface area contributed by atoms with Gasteiger partial charge in [0.05, 0.1) is 0 Å². The van der Waals surface area contributed by atoms with Crippen LogP contribution in [0, 0.1) is 11.7 Å². The Bertz CT molecular complexity index is 983. The van der Waals surface area contributed by atoms with Crippen molar-refractivity contribution in [1.29, 1.82) is 0 Å². The van der Waals surface area contributed by atoms with Gasteiger partial charge in [-0.3, -0.25) is 0 Å². The first-order valence-corrected chi connectivity index (χ1v) is 15.5. The average Bonchev–Trinajstić information content (AvgIpc) is 2.65. The van der Waals surface area contributed by atoms with Crippen LogP contribution in [0.5, 0.6) is 0 Å². The number of benzene rings is 2. The van der Waals surface area contributed by atoms with Gasteiger partial charge in [0, 0.05) is 0 Å². The summed E-state index contributed by atoms with van der Waals surface area (Å²) in [6, 6.07) is 13.4. The first-order valence-electron chi connectivity index (χ1n) is 9.97. The first kappa shape index (κ1) is 25.0. The fourth-order valence-corrected chi connectivity index (χ4v) is 7.39. The van der Waals surface area contributed by atoms with Gasteiger partial charge in [0.15, 0.2) is 0 Å². The molecule has 0 aliphatic heterocycles. The molecule has 30 heavy (non-hydrogen) atoms. The van der Waals surface area contributed by atoms with E-state index in [2.05, 4.69) is 57.3 Å². The van der Waals surface area contributed by atoms with Gasteiger partial charge in [-0.25, -0.2) is 0 Å². The third kappa shape index (κ3) is 7.79. The Hall–Kier alpha value is -1.23. The molecule has 0 heterocycles. The van der Waals surface area contributed by atoms with Gasteiger partial charge in [-0.2, -0.15) is 0 Å². The van der Waals surface area contributed by atoms with Crippen LogP contribution in [0.4, 0.5) is 4.39 Å². The molecule has 0 aromatic heterocycles. The Balaban J connectivity index is 1.98. The summed E-state index contributed by atoms with van der Waals surface area (Å²) in [7, 11) is -3.18. The second-order valence-corrected chi connectivity index (χ2v) is 17.0. The van der Waals surface area contributed by atoms with Gasteiger partial charge < -0.3 is 0 Å². The minimum absolute atomic E-state index is 0.132. The molecule has 2 aromatic carbocycles. The van der Waals surface area contributed by atoms with Crippen LogP contribution in [0.15, 0.2) is 42.5 Å². The van der Waals surface area contributed by atoms with Crippen molar-refractivity contribution in [3.8, 4) is 0 Å². The van der Waals surface area contributed by atoms with Gasteiger partial charge in [0.1, 0.15) is 0 Å². The minimum atomic E-state index is -3.18. The molecule has 1 N–H and O–H groups in total. The number of halogens is 1. The van der Waals surface area contributed by atoms with E-state index < -0.39 is 28.5 Å². The molecule has 1 unspecified atom stereocenters. The fourth-order valence-electron chi connectivity index (χ4n) is 3.09. The number of thiocarbonyl (C=S) groups is 1. The van der Waals surface area contributed by atoms with Crippen molar-refractivity contribution in [3.05, 3.63) is 65.0 Å². The standard InChI is InChI=1S/C23H30AsFNO2S2/c1-6-18(13-16-7-10-19(11-8-16)23(2,3)4)22(29)26-15-17-9-12-20(21(25)14-17)24-30(5,27)28/h7-12,14,18H,6,13,15H2,1-5H3,(H,26,29). The summed E-state index contributed by atoms with van der Waals surface area (Å²) >= 11 is 4.39. The van der Waals surface area contributed by atoms with Crippen LogP contribution in [-0.4, -0.2) is 34.3 Å². The van der Waals surface area contributed by atoms with Crippen molar-refractivity contribution in [2.75, 3.05) is 6.26 Å². The van der Waals surface area contributed by atoms with Crippen molar-refractivity contribution >= 4 is 44.3 Å². The molecule has 0 aliphatic rings. The molecule has 1 radical (unpaired) electrons. The van der Waals surface area contributed by atoms with Crippen molar-refractivity contribution < 1.29 is 12.8 Å².